The highest BCUT2D eigenvalue weighted by Crippen LogP contribution is 2.20. The molecule has 13 heavy (non-hydrogen) atoms. The summed E-state index contributed by atoms with van der Waals surface area (Å²) in [4.78, 5) is 4.22. The van der Waals surface area contributed by atoms with Gasteiger partial charge in [0, 0.05) is 6.21 Å². The van der Waals surface area contributed by atoms with Crippen LogP contribution >= 0.6 is 0 Å². The molecule has 0 aromatic heterocycles. The lowest BCUT2D eigenvalue weighted by atomic mass is 9.94. The SMILES string of the molecule is C/C=C1\C=C/CN=CC=C1C(C)C. The molecule has 0 aliphatic carbocycles. The topological polar surface area (TPSA) is 12.4 Å². The lowest BCUT2D eigenvalue weighted by molar-refractivity contribution is 0.783. The zero-order valence-corrected chi connectivity index (χ0v) is 8.62. The van der Waals surface area contributed by atoms with Crippen LogP contribution in [0.15, 0.2) is 40.4 Å². The highest BCUT2D eigenvalue weighted by Gasteiger charge is 2.05. The van der Waals surface area contributed by atoms with Crippen LogP contribution in [0.25, 0.3) is 0 Å². The summed E-state index contributed by atoms with van der Waals surface area (Å²) in [6.45, 7) is 7.28. The Morgan fingerprint density at radius 2 is 2.23 bits per heavy atom. The van der Waals surface area contributed by atoms with Crippen LogP contribution in [0.3, 0.4) is 0 Å². The average molecular weight is 175 g/mol. The Hall–Kier alpha value is -1.11. The Kier molecular flexibility index (Phi) is 3.69. The first-order valence-corrected chi connectivity index (χ1v) is 4.79. The van der Waals surface area contributed by atoms with Crippen molar-refractivity contribution in [3.8, 4) is 0 Å². The van der Waals surface area contributed by atoms with Gasteiger partial charge in [-0.1, -0.05) is 32.1 Å². The van der Waals surface area contributed by atoms with Gasteiger partial charge in [0.15, 0.2) is 0 Å². The minimum Gasteiger partial charge on any atom is -0.289 e. The maximum Gasteiger partial charge on any atom is 0.0573 e. The van der Waals surface area contributed by atoms with Gasteiger partial charge in [-0.2, -0.15) is 0 Å². The van der Waals surface area contributed by atoms with Gasteiger partial charge in [0.2, 0.25) is 0 Å². The molecule has 0 unspecified atom stereocenters. The van der Waals surface area contributed by atoms with Gasteiger partial charge in [-0.15, -0.1) is 0 Å². The van der Waals surface area contributed by atoms with Crippen LogP contribution in [-0.2, 0) is 0 Å². The van der Waals surface area contributed by atoms with Gasteiger partial charge in [-0.3, -0.25) is 4.99 Å². The molecule has 0 fully saturated rings. The molecule has 0 amide bonds. The third kappa shape index (κ3) is 2.69. The van der Waals surface area contributed by atoms with Crippen LogP contribution in [0.5, 0.6) is 0 Å². The van der Waals surface area contributed by atoms with Crippen molar-refractivity contribution in [1.29, 1.82) is 0 Å². The van der Waals surface area contributed by atoms with E-state index in [-0.39, 0.29) is 0 Å². The van der Waals surface area contributed by atoms with Crippen molar-refractivity contribution in [2.45, 2.75) is 20.8 Å². The number of hydrogen-bond acceptors (Lipinski definition) is 1. The highest BCUT2D eigenvalue weighted by atomic mass is 14.7. The monoisotopic (exact) mass is 175 g/mol. The molecular weight excluding hydrogens is 158 g/mol. The van der Waals surface area contributed by atoms with Crippen LogP contribution in [-0.4, -0.2) is 12.8 Å². The molecule has 0 bridgehead atoms. The fraction of sp³-hybridized carbons (Fsp3) is 0.417. The first kappa shape index (κ1) is 9.97. The van der Waals surface area contributed by atoms with Crippen molar-refractivity contribution in [2.75, 3.05) is 6.54 Å². The van der Waals surface area contributed by atoms with Crippen LogP contribution in [0.2, 0.25) is 0 Å². The number of rotatable bonds is 1. The van der Waals surface area contributed by atoms with E-state index in [0.29, 0.717) is 5.92 Å². The fourth-order valence-electron chi connectivity index (χ4n) is 1.42. The molecular formula is C12H17N. The van der Waals surface area contributed by atoms with E-state index in [4.69, 9.17) is 0 Å². The first-order valence-electron chi connectivity index (χ1n) is 4.79. The molecule has 0 spiro atoms. The van der Waals surface area contributed by atoms with E-state index in [1.165, 1.54) is 11.1 Å². The molecule has 0 N–H and O–H groups in total. The molecule has 1 aliphatic rings. The lowest BCUT2D eigenvalue weighted by Crippen LogP contribution is -1.98. The van der Waals surface area contributed by atoms with Crippen molar-refractivity contribution in [2.24, 2.45) is 10.9 Å². The van der Waals surface area contributed by atoms with Gasteiger partial charge in [0.1, 0.15) is 0 Å². The van der Waals surface area contributed by atoms with Crippen LogP contribution < -0.4 is 0 Å². The molecule has 0 saturated carbocycles. The number of hydrogen-bond donors (Lipinski definition) is 0. The maximum atomic E-state index is 4.22. The molecule has 70 valence electrons. The standard InChI is InChI=1S/C12H17N/c1-4-11-6-5-8-13-9-7-12(11)10(2)3/h4-7,9-10H,8H2,1-3H3/b6-5-,11-4+,12-7?,13-9?. The molecule has 1 heteroatoms. The second-order valence-electron chi connectivity index (χ2n) is 3.44. The highest BCUT2D eigenvalue weighted by molar-refractivity contribution is 5.74. The van der Waals surface area contributed by atoms with Crippen molar-refractivity contribution in [1.82, 2.24) is 0 Å². The number of allylic oxidation sites excluding steroid dienone is 5. The molecule has 1 nitrogen and oxygen atoms in total. The third-order valence-electron chi connectivity index (χ3n) is 2.13. The second kappa shape index (κ2) is 4.80. The third-order valence-corrected chi connectivity index (χ3v) is 2.13. The summed E-state index contributed by atoms with van der Waals surface area (Å²) >= 11 is 0. The predicted molar refractivity (Wildman–Crippen MR) is 59.2 cm³/mol. The molecule has 0 radical (unpaired) electrons. The minimum absolute atomic E-state index is 0.556. The second-order valence-corrected chi connectivity index (χ2v) is 3.44. The first-order chi connectivity index (χ1) is 6.25. The lowest BCUT2D eigenvalue weighted by Gasteiger charge is -2.12. The zero-order chi connectivity index (χ0) is 9.68. The summed E-state index contributed by atoms with van der Waals surface area (Å²) in [7, 11) is 0. The number of aliphatic imine (C=N–C) groups is 1. The van der Waals surface area contributed by atoms with Gasteiger partial charge in [0.25, 0.3) is 0 Å². The van der Waals surface area contributed by atoms with Gasteiger partial charge < -0.3 is 0 Å². The summed E-state index contributed by atoms with van der Waals surface area (Å²) in [5.41, 5.74) is 2.68. The summed E-state index contributed by atoms with van der Waals surface area (Å²) in [6.07, 6.45) is 10.4. The van der Waals surface area contributed by atoms with E-state index in [2.05, 4.69) is 50.1 Å². The van der Waals surface area contributed by atoms with Gasteiger partial charge in [-0.25, -0.2) is 0 Å². The van der Waals surface area contributed by atoms with Crippen LogP contribution in [0, 0.1) is 5.92 Å². The smallest absolute Gasteiger partial charge is 0.0573 e. The Labute approximate surface area is 80.6 Å². The van der Waals surface area contributed by atoms with Gasteiger partial charge >= 0.3 is 0 Å². The van der Waals surface area contributed by atoms with Crippen LogP contribution in [0.1, 0.15) is 20.8 Å². The Morgan fingerprint density at radius 1 is 1.46 bits per heavy atom. The van der Waals surface area contributed by atoms with Crippen molar-refractivity contribution in [3.63, 3.8) is 0 Å². The van der Waals surface area contributed by atoms with Gasteiger partial charge in [-0.05, 0) is 30.1 Å². The Morgan fingerprint density at radius 3 is 2.85 bits per heavy atom. The summed E-state index contributed by atoms with van der Waals surface area (Å²) < 4.78 is 0. The molecule has 0 aromatic rings. The Balaban J connectivity index is 3.03. The summed E-state index contributed by atoms with van der Waals surface area (Å²) in [5, 5.41) is 0. The van der Waals surface area contributed by atoms with E-state index in [9.17, 15) is 0 Å². The summed E-state index contributed by atoms with van der Waals surface area (Å²) in [5.74, 6) is 0.556. The normalized spacial score (nSPS) is 22.8. The molecule has 0 saturated heterocycles. The number of nitrogens with zero attached hydrogens (tertiary/aromatic N) is 1. The largest absolute Gasteiger partial charge is 0.289 e. The molecule has 1 rings (SSSR count). The summed E-state index contributed by atoms with van der Waals surface area (Å²) in [6, 6.07) is 0. The van der Waals surface area contributed by atoms with Gasteiger partial charge in [0.05, 0.1) is 6.54 Å². The van der Waals surface area contributed by atoms with Crippen molar-refractivity contribution < 1.29 is 0 Å². The zero-order valence-electron chi connectivity index (χ0n) is 8.62. The maximum absolute atomic E-state index is 4.22. The Bertz CT molecular complexity index is 277. The van der Waals surface area contributed by atoms with Crippen molar-refractivity contribution in [3.05, 3.63) is 35.5 Å². The minimum atomic E-state index is 0.556. The van der Waals surface area contributed by atoms with E-state index in [0.717, 1.165) is 6.54 Å². The molecule has 1 aliphatic heterocycles. The van der Waals surface area contributed by atoms with Crippen molar-refractivity contribution >= 4 is 6.21 Å². The van der Waals surface area contributed by atoms with E-state index >= 15 is 0 Å². The average Bonchev–Trinajstić information content (AvgIpc) is 2.03. The molecule has 0 aromatic carbocycles. The van der Waals surface area contributed by atoms with E-state index in [1.807, 2.05) is 6.21 Å². The van der Waals surface area contributed by atoms with Crippen LogP contribution in [0.4, 0.5) is 0 Å². The van der Waals surface area contributed by atoms with E-state index < -0.39 is 0 Å². The predicted octanol–water partition coefficient (Wildman–Crippen LogP) is 3.16. The molecule has 0 atom stereocenters. The molecule has 1 heterocycles. The quantitative estimate of drug-likeness (QED) is 0.580. The fourth-order valence-corrected chi connectivity index (χ4v) is 1.42. The van der Waals surface area contributed by atoms with E-state index in [1.54, 1.807) is 0 Å².